The van der Waals surface area contributed by atoms with Crippen LogP contribution in [0.2, 0.25) is 0 Å². The van der Waals surface area contributed by atoms with Crippen LogP contribution in [-0.2, 0) is 4.74 Å². The molecule has 2 heterocycles. The highest BCUT2D eigenvalue weighted by atomic mass is 79.9. The largest absolute Gasteiger partial charge is 0.478 e. The van der Waals surface area contributed by atoms with Crippen LogP contribution in [-0.4, -0.2) is 34.1 Å². The van der Waals surface area contributed by atoms with Gasteiger partial charge < -0.3 is 21.3 Å². The number of methoxy groups -OCH3 is 1. The van der Waals surface area contributed by atoms with E-state index in [9.17, 15) is 9.59 Å². The molecule has 0 amide bonds. The van der Waals surface area contributed by atoms with E-state index in [2.05, 4.69) is 46.6 Å². The number of hydrogen-bond acceptors (Lipinski definition) is 7. The van der Waals surface area contributed by atoms with Gasteiger partial charge in [-0.15, -0.1) is 0 Å². The highest BCUT2D eigenvalue weighted by molar-refractivity contribution is 9.11. The lowest BCUT2D eigenvalue weighted by molar-refractivity contribution is 0.0600. The zero-order valence-electron chi connectivity index (χ0n) is 11.8. The fourth-order valence-electron chi connectivity index (χ4n) is 1.33. The van der Waals surface area contributed by atoms with E-state index in [1.807, 2.05) is 0 Å². The minimum atomic E-state index is -1.07. The third-order valence-corrected chi connectivity index (χ3v) is 3.78. The number of carboxylic acid groups (broad SMARTS) is 1. The van der Waals surface area contributed by atoms with Crippen LogP contribution in [0.25, 0.3) is 0 Å². The molecule has 0 bridgehead atoms. The van der Waals surface area contributed by atoms with Crippen LogP contribution in [0, 0.1) is 0 Å². The number of ether oxygens (including phenoxy) is 1. The molecule has 10 heteroatoms. The van der Waals surface area contributed by atoms with Gasteiger partial charge in [-0.3, -0.25) is 9.97 Å². The lowest BCUT2D eigenvalue weighted by atomic mass is 10.2. The molecule has 0 spiro atoms. The highest BCUT2D eigenvalue weighted by Crippen LogP contribution is 2.22. The topological polar surface area (TPSA) is 141 Å². The first kappa shape index (κ1) is 18.8. The first-order valence-corrected chi connectivity index (χ1v) is 7.47. The second-order valence-electron chi connectivity index (χ2n) is 3.96. The van der Waals surface area contributed by atoms with Gasteiger partial charge in [0, 0.05) is 24.8 Å². The van der Waals surface area contributed by atoms with Crippen molar-refractivity contribution in [2.45, 2.75) is 0 Å². The summed E-state index contributed by atoms with van der Waals surface area (Å²) in [6, 6.07) is 0. The zero-order chi connectivity index (χ0) is 17.6. The third-order valence-electron chi connectivity index (χ3n) is 2.51. The van der Waals surface area contributed by atoms with Crippen LogP contribution in [0.15, 0.2) is 33.7 Å². The maximum Gasteiger partial charge on any atom is 0.341 e. The number of rotatable bonds is 2. The predicted octanol–water partition coefficient (Wildman–Crippen LogP) is 2.34. The van der Waals surface area contributed by atoms with E-state index in [-0.39, 0.29) is 16.8 Å². The first-order chi connectivity index (χ1) is 10.8. The van der Waals surface area contributed by atoms with Gasteiger partial charge in [0.25, 0.3) is 0 Å². The molecule has 0 radical (unpaired) electrons. The number of pyridine rings is 2. The second-order valence-corrected chi connectivity index (χ2v) is 5.67. The molecule has 122 valence electrons. The van der Waals surface area contributed by atoms with E-state index in [1.54, 1.807) is 0 Å². The van der Waals surface area contributed by atoms with Gasteiger partial charge in [0.1, 0.15) is 11.1 Å². The van der Waals surface area contributed by atoms with Crippen LogP contribution in [0.1, 0.15) is 20.7 Å². The number of nitrogens with two attached hydrogens (primary N) is 2. The molecule has 8 nitrogen and oxygen atoms in total. The minimum Gasteiger partial charge on any atom is -0.478 e. The van der Waals surface area contributed by atoms with E-state index in [0.717, 1.165) is 0 Å². The fraction of sp³-hybridized carbons (Fsp3) is 0.0769. The van der Waals surface area contributed by atoms with Gasteiger partial charge >= 0.3 is 11.9 Å². The van der Waals surface area contributed by atoms with Gasteiger partial charge in [-0.1, -0.05) is 0 Å². The highest BCUT2D eigenvalue weighted by Gasteiger charge is 2.11. The third kappa shape index (κ3) is 4.89. The maximum atomic E-state index is 11.0. The van der Waals surface area contributed by atoms with Crippen molar-refractivity contribution in [3.63, 3.8) is 0 Å². The van der Waals surface area contributed by atoms with Gasteiger partial charge in [0.15, 0.2) is 0 Å². The van der Waals surface area contributed by atoms with Crippen LogP contribution in [0.3, 0.4) is 0 Å². The molecule has 0 unspecified atom stereocenters. The van der Waals surface area contributed by atoms with Crippen LogP contribution in [0.5, 0.6) is 0 Å². The van der Waals surface area contributed by atoms with E-state index in [1.165, 1.54) is 31.9 Å². The standard InChI is InChI=1S/C7H7BrN2O2.C6H5BrN2O2/c1-12-7(11)4-2-10-3-5(8)6(4)9;7-4-2-9-1-3(5(4)8)6(10)11/h2-3H,1H3,(H2,9,10);1-2H,(H2,8,9)(H,10,11). The number of hydrogen-bond donors (Lipinski definition) is 3. The Morgan fingerprint density at radius 2 is 1.43 bits per heavy atom. The zero-order valence-corrected chi connectivity index (χ0v) is 15.0. The first-order valence-electron chi connectivity index (χ1n) is 5.89. The fourth-order valence-corrected chi connectivity index (χ4v) is 2.00. The molecule has 2 rings (SSSR count). The number of carbonyl (C=O) groups excluding carboxylic acids is 1. The quantitative estimate of drug-likeness (QED) is 0.595. The van der Waals surface area contributed by atoms with Gasteiger partial charge in [-0.2, -0.15) is 0 Å². The second kappa shape index (κ2) is 8.44. The summed E-state index contributed by atoms with van der Waals surface area (Å²) in [5.74, 6) is -1.56. The van der Waals surface area contributed by atoms with Crippen molar-refractivity contribution in [1.29, 1.82) is 0 Å². The SMILES string of the molecule is COC(=O)c1cncc(Br)c1N.Nc1c(Br)cncc1C(=O)O. The number of esters is 1. The molecule has 23 heavy (non-hydrogen) atoms. The normalized spacial score (nSPS) is 9.52. The van der Waals surface area contributed by atoms with Gasteiger partial charge in [-0.25, -0.2) is 9.59 Å². The smallest absolute Gasteiger partial charge is 0.341 e. The molecule has 5 N–H and O–H groups in total. The molecule has 0 saturated carbocycles. The monoisotopic (exact) mass is 446 g/mol. The molecule has 0 saturated heterocycles. The molecule has 0 aliphatic rings. The summed E-state index contributed by atoms with van der Waals surface area (Å²) < 4.78 is 5.58. The van der Waals surface area contributed by atoms with Crippen molar-refractivity contribution in [2.24, 2.45) is 0 Å². The minimum absolute atomic E-state index is 0.0133. The number of carboxylic acids is 1. The van der Waals surface area contributed by atoms with Gasteiger partial charge in [-0.05, 0) is 31.9 Å². The molecular weight excluding hydrogens is 436 g/mol. The average molecular weight is 448 g/mol. The summed E-state index contributed by atoms with van der Waals surface area (Å²) in [6.07, 6.45) is 5.54. The number of anilines is 2. The number of aromatic carboxylic acids is 1. The molecule has 2 aromatic heterocycles. The predicted molar refractivity (Wildman–Crippen MR) is 91.0 cm³/mol. The van der Waals surface area contributed by atoms with Crippen LogP contribution in [0.4, 0.5) is 11.4 Å². The number of aromatic nitrogens is 2. The summed E-state index contributed by atoms with van der Waals surface area (Å²) in [7, 11) is 1.29. The summed E-state index contributed by atoms with van der Waals surface area (Å²) in [4.78, 5) is 28.9. The van der Waals surface area contributed by atoms with Crippen molar-refractivity contribution in [2.75, 3.05) is 18.6 Å². The van der Waals surface area contributed by atoms with Crippen molar-refractivity contribution >= 4 is 55.2 Å². The van der Waals surface area contributed by atoms with E-state index < -0.39 is 11.9 Å². The Kier molecular flexibility index (Phi) is 6.91. The molecule has 0 atom stereocenters. The summed E-state index contributed by atoms with van der Waals surface area (Å²) >= 11 is 6.21. The van der Waals surface area contributed by atoms with Crippen molar-refractivity contribution in [3.05, 3.63) is 44.9 Å². The number of halogens is 2. The van der Waals surface area contributed by atoms with Gasteiger partial charge in [0.2, 0.25) is 0 Å². The molecule has 0 fully saturated rings. The van der Waals surface area contributed by atoms with E-state index in [4.69, 9.17) is 16.6 Å². The molecule has 2 aromatic rings. The summed E-state index contributed by atoms with van der Waals surface area (Å²) in [6.45, 7) is 0. The Bertz CT molecular complexity index is 740. The molecular formula is C13H12Br2N4O4. The Hall–Kier alpha value is -2.20. The molecule has 0 aliphatic heterocycles. The lowest BCUT2D eigenvalue weighted by Crippen LogP contribution is -2.06. The Morgan fingerprint density at radius 1 is 1.00 bits per heavy atom. The lowest BCUT2D eigenvalue weighted by Gasteiger charge is -2.03. The number of nitrogens with zero attached hydrogens (tertiary/aromatic N) is 2. The summed E-state index contributed by atoms with van der Waals surface area (Å²) in [5.41, 5.74) is 11.8. The van der Waals surface area contributed by atoms with E-state index >= 15 is 0 Å². The maximum absolute atomic E-state index is 11.0. The summed E-state index contributed by atoms with van der Waals surface area (Å²) in [5, 5.41) is 8.55. The number of carbonyl (C=O) groups is 2. The van der Waals surface area contributed by atoms with Gasteiger partial charge in [0.05, 0.1) is 27.4 Å². The van der Waals surface area contributed by atoms with Crippen molar-refractivity contribution < 1.29 is 19.4 Å². The van der Waals surface area contributed by atoms with Crippen molar-refractivity contribution in [3.8, 4) is 0 Å². The van der Waals surface area contributed by atoms with Crippen LogP contribution < -0.4 is 11.5 Å². The van der Waals surface area contributed by atoms with Crippen LogP contribution >= 0.6 is 31.9 Å². The average Bonchev–Trinajstić information content (AvgIpc) is 2.52. The number of nitrogen functional groups attached to an aromatic ring is 2. The molecule has 0 aliphatic carbocycles. The Balaban J connectivity index is 0.000000231. The Labute approximate surface area is 148 Å². The van der Waals surface area contributed by atoms with Crippen molar-refractivity contribution in [1.82, 2.24) is 9.97 Å². The Morgan fingerprint density at radius 3 is 1.83 bits per heavy atom. The molecule has 0 aromatic carbocycles. The van der Waals surface area contributed by atoms with E-state index in [0.29, 0.717) is 14.6 Å².